The molecule has 0 heterocycles. The molecule has 0 radical (unpaired) electrons. The predicted octanol–water partition coefficient (Wildman–Crippen LogP) is -1.40. The van der Waals surface area contributed by atoms with Crippen LogP contribution in [0.5, 0.6) is 0 Å². The molecule has 72 valence electrons. The molecule has 0 amide bonds. The number of hydrogen-bond acceptors (Lipinski definition) is 3. The van der Waals surface area contributed by atoms with E-state index >= 15 is 0 Å². The van der Waals surface area contributed by atoms with Gasteiger partial charge in [0.05, 0.1) is 0 Å². The van der Waals surface area contributed by atoms with E-state index in [9.17, 15) is 0 Å². The van der Waals surface area contributed by atoms with Gasteiger partial charge in [-0.05, 0) is 0 Å². The Labute approximate surface area is 104 Å². The van der Waals surface area contributed by atoms with Gasteiger partial charge in [-0.2, -0.15) is 0 Å². The van der Waals surface area contributed by atoms with Gasteiger partial charge >= 0.3 is 37.4 Å². The maximum Gasteiger partial charge on any atom is 1.00 e. The molecule has 0 rings (SSSR count). The number of phosphoric acid groups is 1. The van der Waals surface area contributed by atoms with Gasteiger partial charge in [0.25, 0.3) is 0 Å². The first kappa shape index (κ1) is 19.4. The van der Waals surface area contributed by atoms with E-state index in [1.807, 2.05) is 21.6 Å². The van der Waals surface area contributed by atoms with E-state index < -0.39 is 7.82 Å². The van der Waals surface area contributed by atoms with Crippen molar-refractivity contribution in [2.45, 2.75) is 13.8 Å². The minimum atomic E-state index is -4.64. The summed E-state index contributed by atoms with van der Waals surface area (Å²) in [6.45, 7) is 4.35. The van der Waals surface area contributed by atoms with Crippen LogP contribution >= 0.6 is 29.4 Å². The zero-order valence-electron chi connectivity index (χ0n) is 8.43. The Balaban J connectivity index is -0.0000000546. The maximum absolute atomic E-state index is 8.88. The van der Waals surface area contributed by atoms with Gasteiger partial charge in [-0.25, -0.2) is 4.57 Å². The molecule has 4 nitrogen and oxygen atoms in total. The largest absolute Gasteiger partial charge is 1.00 e. The Kier molecular flexibility index (Phi) is 20.7. The molecule has 0 aliphatic heterocycles. The van der Waals surface area contributed by atoms with Crippen LogP contribution in [-0.2, 0) is 4.57 Å². The van der Waals surface area contributed by atoms with Crippen molar-refractivity contribution in [1.82, 2.24) is 0 Å². The van der Waals surface area contributed by atoms with Gasteiger partial charge in [0.15, 0.2) is 0 Å². The average Bonchev–Trinajstić information content (AvgIpc) is 1.79. The third kappa shape index (κ3) is 59.7. The third-order valence-corrected chi connectivity index (χ3v) is 2.87. The Morgan fingerprint density at radius 2 is 1.33 bits per heavy atom. The molecule has 0 aliphatic carbocycles. The summed E-state index contributed by atoms with van der Waals surface area (Å²) in [5.41, 5.74) is 0. The summed E-state index contributed by atoms with van der Waals surface area (Å²) in [7, 11) is -0.789. The maximum atomic E-state index is 8.88. The summed E-state index contributed by atoms with van der Waals surface area (Å²) in [6, 6.07) is 0. The molecule has 0 atom stereocenters. The molecule has 0 aromatic heterocycles. The van der Waals surface area contributed by atoms with Crippen molar-refractivity contribution >= 4 is 29.4 Å². The second-order valence-corrected chi connectivity index (χ2v) is 5.39. The van der Waals surface area contributed by atoms with Crippen molar-refractivity contribution in [3.8, 4) is 0 Å². The van der Waals surface area contributed by atoms with Crippen molar-refractivity contribution in [2.75, 3.05) is 11.5 Å². The molecule has 0 saturated carbocycles. The smallest absolute Gasteiger partial charge is 1.00 e. The van der Waals surface area contributed by atoms with Gasteiger partial charge in [-0.15, -0.1) is 0 Å². The molecule has 0 fully saturated rings. The first-order chi connectivity index (χ1) is 4.91. The van der Waals surface area contributed by atoms with Gasteiger partial charge < -0.3 is 16.1 Å². The first-order valence-corrected chi connectivity index (χ1v) is 6.99. The molecular formula is C4H14NaO4PS2. The van der Waals surface area contributed by atoms with E-state index in [0.717, 1.165) is 0 Å². The van der Waals surface area contributed by atoms with Gasteiger partial charge in [-0.3, -0.25) is 0 Å². The summed E-state index contributed by atoms with van der Waals surface area (Å²) in [5.74, 6) is 2.47. The first-order valence-electron chi connectivity index (χ1n) is 2.94. The minimum Gasteiger partial charge on any atom is -1.00 e. The molecule has 0 bridgehead atoms. The van der Waals surface area contributed by atoms with Crippen LogP contribution in [0.3, 0.4) is 0 Å². The van der Waals surface area contributed by atoms with E-state index in [1.165, 1.54) is 11.5 Å². The molecule has 12 heavy (non-hydrogen) atoms. The minimum absolute atomic E-state index is 0. The third-order valence-electron chi connectivity index (χ3n) is 0.319. The van der Waals surface area contributed by atoms with Crippen LogP contribution in [0.2, 0.25) is 0 Å². The summed E-state index contributed by atoms with van der Waals surface area (Å²) in [6.07, 6.45) is 0. The van der Waals surface area contributed by atoms with E-state index in [2.05, 4.69) is 13.8 Å². The van der Waals surface area contributed by atoms with Crippen molar-refractivity contribution in [3.05, 3.63) is 0 Å². The Morgan fingerprint density at radius 3 is 1.42 bits per heavy atom. The molecule has 8 heteroatoms. The van der Waals surface area contributed by atoms with Gasteiger partial charge in [-0.1, -0.05) is 35.4 Å². The fraction of sp³-hybridized carbons (Fsp3) is 1.00. The molecule has 0 aliphatic rings. The second kappa shape index (κ2) is 12.8. The van der Waals surface area contributed by atoms with Crippen molar-refractivity contribution < 1.29 is 50.2 Å². The van der Waals surface area contributed by atoms with Crippen LogP contribution < -0.4 is 29.6 Å². The monoisotopic (exact) mass is 244 g/mol. The Hall–Kier alpha value is 1.81. The van der Waals surface area contributed by atoms with Crippen molar-refractivity contribution in [3.63, 3.8) is 0 Å². The zero-order valence-corrected chi connectivity index (χ0v) is 12.0. The molecule has 0 spiro atoms. The Bertz CT molecular complexity index is 112. The van der Waals surface area contributed by atoms with Crippen LogP contribution in [0.15, 0.2) is 0 Å². The SMILES string of the molecule is CCSSCC.O=P(O)(O)O.[H-].[Na+]. The molecular weight excluding hydrogens is 230 g/mol. The molecule has 0 saturated heterocycles. The fourth-order valence-corrected chi connectivity index (χ4v) is 1.50. The Morgan fingerprint density at radius 1 is 1.17 bits per heavy atom. The van der Waals surface area contributed by atoms with E-state index in [0.29, 0.717) is 0 Å². The summed E-state index contributed by atoms with van der Waals surface area (Å²) < 4.78 is 8.88. The second-order valence-electron chi connectivity index (χ2n) is 1.33. The van der Waals surface area contributed by atoms with E-state index in [1.54, 1.807) is 0 Å². The van der Waals surface area contributed by atoms with Crippen LogP contribution in [0.25, 0.3) is 0 Å². The number of rotatable bonds is 3. The topological polar surface area (TPSA) is 77.8 Å². The molecule has 0 unspecified atom stereocenters. The van der Waals surface area contributed by atoms with Gasteiger partial charge in [0.1, 0.15) is 0 Å². The average molecular weight is 244 g/mol. The summed E-state index contributed by atoms with van der Waals surface area (Å²) in [5, 5.41) is 0. The van der Waals surface area contributed by atoms with E-state index in [4.69, 9.17) is 19.2 Å². The zero-order chi connectivity index (χ0) is 9.33. The predicted molar refractivity (Wildman–Crippen MR) is 51.6 cm³/mol. The summed E-state index contributed by atoms with van der Waals surface area (Å²) in [4.78, 5) is 21.6. The van der Waals surface area contributed by atoms with Crippen LogP contribution in [0.1, 0.15) is 15.3 Å². The number of hydrogen-bond donors (Lipinski definition) is 3. The van der Waals surface area contributed by atoms with Crippen LogP contribution in [-0.4, -0.2) is 26.2 Å². The molecule has 3 N–H and O–H groups in total. The van der Waals surface area contributed by atoms with Crippen LogP contribution in [0.4, 0.5) is 0 Å². The van der Waals surface area contributed by atoms with Crippen LogP contribution in [0, 0.1) is 0 Å². The standard InChI is InChI=1S/C4H10S2.Na.H3O4P.H/c1-3-5-6-4-2;;1-5(2,3)4;/h3-4H2,1-2H3;;(H3,1,2,3,4);/q;+1;;-1. The molecule has 0 aromatic rings. The fourth-order valence-electron chi connectivity index (χ4n) is 0.167. The quantitative estimate of drug-likeness (QED) is 0.245. The van der Waals surface area contributed by atoms with E-state index in [-0.39, 0.29) is 31.0 Å². The summed E-state index contributed by atoms with van der Waals surface area (Å²) >= 11 is 0. The normalized spacial score (nSPS) is 9.42. The van der Waals surface area contributed by atoms with Crippen molar-refractivity contribution in [2.24, 2.45) is 0 Å². The van der Waals surface area contributed by atoms with Gasteiger partial charge in [0.2, 0.25) is 0 Å². The van der Waals surface area contributed by atoms with Gasteiger partial charge in [0, 0.05) is 11.5 Å². The molecule has 0 aromatic carbocycles. The van der Waals surface area contributed by atoms with Crippen molar-refractivity contribution in [1.29, 1.82) is 0 Å².